The second-order valence-electron chi connectivity index (χ2n) is 6.42. The summed E-state index contributed by atoms with van der Waals surface area (Å²) in [4.78, 5) is 15.2. The molecule has 0 amide bonds. The molecule has 1 aliphatic heterocycles. The predicted molar refractivity (Wildman–Crippen MR) is 85.6 cm³/mol. The fourth-order valence-electron chi connectivity index (χ4n) is 3.79. The largest absolute Gasteiger partial charge is 0.384 e. The van der Waals surface area contributed by atoms with Crippen LogP contribution in [0.2, 0.25) is 0 Å². The number of nitrogen functional groups attached to an aromatic ring is 1. The van der Waals surface area contributed by atoms with Crippen LogP contribution in [-0.4, -0.2) is 28.0 Å². The van der Waals surface area contributed by atoms with Crippen LogP contribution < -0.4 is 10.6 Å². The first-order chi connectivity index (χ1) is 10.3. The van der Waals surface area contributed by atoms with Gasteiger partial charge in [-0.2, -0.15) is 0 Å². The Balaban J connectivity index is 1.76. The van der Waals surface area contributed by atoms with E-state index in [1.54, 1.807) is 0 Å². The molecule has 2 fully saturated rings. The third-order valence-electron chi connectivity index (χ3n) is 4.92. The molecule has 1 saturated heterocycles. The van der Waals surface area contributed by atoms with E-state index < -0.39 is 0 Å². The number of aromatic amines is 1. The fraction of sp³-hybridized carbons (Fsp3) is 0.625. The molecule has 0 bridgehead atoms. The number of nitrogens with one attached hydrogen (secondary N) is 1. The summed E-state index contributed by atoms with van der Waals surface area (Å²) in [5, 5.41) is 0. The predicted octanol–water partition coefficient (Wildman–Crippen LogP) is 3.19. The van der Waals surface area contributed by atoms with Crippen molar-refractivity contribution in [3.8, 4) is 0 Å². The van der Waals surface area contributed by atoms with Gasteiger partial charge in [-0.3, -0.25) is 0 Å². The van der Waals surface area contributed by atoms with Gasteiger partial charge in [0.05, 0.1) is 5.69 Å². The van der Waals surface area contributed by atoms with E-state index in [0.29, 0.717) is 11.7 Å². The molecular weight excluding hydrogens is 262 g/mol. The lowest BCUT2D eigenvalue weighted by atomic mass is 9.89. The number of pyridine rings is 1. The highest BCUT2D eigenvalue weighted by atomic mass is 15.2. The molecule has 0 unspecified atom stereocenters. The summed E-state index contributed by atoms with van der Waals surface area (Å²) in [5.74, 6) is 2.26. The Morgan fingerprint density at radius 1 is 1.05 bits per heavy atom. The minimum Gasteiger partial charge on any atom is -0.384 e. The van der Waals surface area contributed by atoms with Crippen molar-refractivity contribution in [2.75, 3.05) is 23.7 Å². The van der Waals surface area contributed by atoms with Gasteiger partial charge in [0.2, 0.25) is 0 Å². The third kappa shape index (κ3) is 2.34. The van der Waals surface area contributed by atoms with Gasteiger partial charge in [-0.1, -0.05) is 19.3 Å². The van der Waals surface area contributed by atoms with E-state index in [1.165, 1.54) is 50.6 Å². The Kier molecular flexibility index (Phi) is 3.20. The van der Waals surface area contributed by atoms with Crippen molar-refractivity contribution in [3.05, 3.63) is 11.9 Å². The monoisotopic (exact) mass is 285 g/mol. The van der Waals surface area contributed by atoms with Crippen LogP contribution in [0.3, 0.4) is 0 Å². The van der Waals surface area contributed by atoms with Crippen molar-refractivity contribution in [1.82, 2.24) is 15.0 Å². The minimum absolute atomic E-state index is 0.570. The van der Waals surface area contributed by atoms with Gasteiger partial charge in [0.15, 0.2) is 5.65 Å². The summed E-state index contributed by atoms with van der Waals surface area (Å²) in [5.41, 5.74) is 9.04. The maximum absolute atomic E-state index is 5.99. The van der Waals surface area contributed by atoms with E-state index in [1.807, 2.05) is 6.07 Å². The van der Waals surface area contributed by atoms with E-state index in [-0.39, 0.29) is 0 Å². The minimum atomic E-state index is 0.570. The highest BCUT2D eigenvalue weighted by Crippen LogP contribution is 2.34. The molecule has 0 aromatic carbocycles. The number of rotatable bonds is 2. The Morgan fingerprint density at radius 2 is 1.81 bits per heavy atom. The number of H-pyrrole nitrogens is 1. The summed E-state index contributed by atoms with van der Waals surface area (Å²) in [6.45, 7) is 2.21. The first kappa shape index (κ1) is 12.9. The summed E-state index contributed by atoms with van der Waals surface area (Å²) < 4.78 is 0. The lowest BCUT2D eigenvalue weighted by Gasteiger charge is -2.19. The molecule has 0 atom stereocenters. The van der Waals surface area contributed by atoms with Crippen LogP contribution in [0.15, 0.2) is 6.07 Å². The summed E-state index contributed by atoms with van der Waals surface area (Å²) in [6, 6.07) is 2.00. The fourth-order valence-corrected chi connectivity index (χ4v) is 3.79. The zero-order valence-corrected chi connectivity index (χ0v) is 12.4. The Morgan fingerprint density at radius 3 is 2.57 bits per heavy atom. The van der Waals surface area contributed by atoms with Crippen molar-refractivity contribution < 1.29 is 0 Å². The third-order valence-corrected chi connectivity index (χ3v) is 4.92. The molecule has 3 heterocycles. The lowest BCUT2D eigenvalue weighted by Crippen LogP contribution is -2.18. The van der Waals surface area contributed by atoms with Crippen LogP contribution >= 0.6 is 0 Å². The van der Waals surface area contributed by atoms with Gasteiger partial charge in [-0.25, -0.2) is 9.97 Å². The van der Waals surface area contributed by atoms with Gasteiger partial charge in [-0.05, 0) is 25.7 Å². The summed E-state index contributed by atoms with van der Waals surface area (Å²) in [7, 11) is 0. The van der Waals surface area contributed by atoms with E-state index in [0.717, 1.165) is 30.1 Å². The molecule has 2 aliphatic rings. The zero-order chi connectivity index (χ0) is 14.2. The summed E-state index contributed by atoms with van der Waals surface area (Å²) >= 11 is 0. The zero-order valence-electron chi connectivity index (χ0n) is 12.4. The Labute approximate surface area is 124 Å². The Hall–Kier alpha value is -1.78. The highest BCUT2D eigenvalue weighted by Gasteiger charge is 2.22. The van der Waals surface area contributed by atoms with Crippen LogP contribution in [0.5, 0.6) is 0 Å². The van der Waals surface area contributed by atoms with Crippen molar-refractivity contribution in [2.45, 2.75) is 50.9 Å². The maximum Gasteiger partial charge on any atom is 0.181 e. The topological polar surface area (TPSA) is 70.8 Å². The first-order valence-electron chi connectivity index (χ1n) is 8.22. The molecule has 5 nitrogen and oxygen atoms in total. The summed E-state index contributed by atoms with van der Waals surface area (Å²) in [6.07, 6.45) is 9.00. The molecule has 1 saturated carbocycles. The van der Waals surface area contributed by atoms with Crippen molar-refractivity contribution in [2.24, 2.45) is 0 Å². The van der Waals surface area contributed by atoms with Gasteiger partial charge in [0, 0.05) is 25.1 Å². The molecule has 21 heavy (non-hydrogen) atoms. The molecular formula is C16H23N5. The van der Waals surface area contributed by atoms with Crippen LogP contribution in [0.25, 0.3) is 11.2 Å². The molecule has 2 aromatic heterocycles. The average molecular weight is 285 g/mol. The van der Waals surface area contributed by atoms with E-state index in [2.05, 4.69) is 14.9 Å². The first-order valence-corrected chi connectivity index (χ1v) is 8.22. The number of fused-ring (bicyclic) bond motifs is 1. The van der Waals surface area contributed by atoms with E-state index in [9.17, 15) is 0 Å². The SMILES string of the molecule is Nc1cc(N2CCCC2)c2[nH]c(C3CCCCC3)nc2n1. The number of hydrogen-bond donors (Lipinski definition) is 2. The normalized spacial score (nSPS) is 20.5. The second kappa shape index (κ2) is 5.20. The average Bonchev–Trinajstić information content (AvgIpc) is 3.16. The van der Waals surface area contributed by atoms with Crippen LogP contribution in [-0.2, 0) is 0 Å². The quantitative estimate of drug-likeness (QED) is 0.889. The highest BCUT2D eigenvalue weighted by molar-refractivity contribution is 5.88. The van der Waals surface area contributed by atoms with Crippen LogP contribution in [0.4, 0.5) is 11.5 Å². The smallest absolute Gasteiger partial charge is 0.181 e. The maximum atomic E-state index is 5.99. The van der Waals surface area contributed by atoms with E-state index >= 15 is 0 Å². The number of anilines is 2. The molecule has 5 heteroatoms. The van der Waals surface area contributed by atoms with Crippen molar-refractivity contribution in [1.29, 1.82) is 0 Å². The van der Waals surface area contributed by atoms with Gasteiger partial charge in [0.25, 0.3) is 0 Å². The standard InChI is InChI=1S/C16H23N5/c17-13-10-12(21-8-4-5-9-21)14-16(18-13)20-15(19-14)11-6-2-1-3-7-11/h10-11H,1-9H2,(H3,17,18,19,20). The molecule has 112 valence electrons. The molecule has 3 N–H and O–H groups in total. The van der Waals surface area contributed by atoms with Crippen molar-refractivity contribution in [3.63, 3.8) is 0 Å². The molecule has 4 rings (SSSR count). The second-order valence-corrected chi connectivity index (χ2v) is 6.42. The van der Waals surface area contributed by atoms with Gasteiger partial charge in [-0.15, -0.1) is 0 Å². The number of aromatic nitrogens is 3. The molecule has 0 spiro atoms. The van der Waals surface area contributed by atoms with Crippen LogP contribution in [0.1, 0.15) is 56.7 Å². The number of nitrogens with zero attached hydrogens (tertiary/aromatic N) is 3. The van der Waals surface area contributed by atoms with Gasteiger partial charge < -0.3 is 15.6 Å². The van der Waals surface area contributed by atoms with Crippen molar-refractivity contribution >= 4 is 22.7 Å². The van der Waals surface area contributed by atoms with Crippen LogP contribution in [0, 0.1) is 0 Å². The number of hydrogen-bond acceptors (Lipinski definition) is 4. The Bertz CT molecular complexity index is 635. The van der Waals surface area contributed by atoms with E-state index in [4.69, 9.17) is 10.7 Å². The number of nitrogens with two attached hydrogens (primary N) is 1. The van der Waals surface area contributed by atoms with Gasteiger partial charge >= 0.3 is 0 Å². The lowest BCUT2D eigenvalue weighted by molar-refractivity contribution is 0.431. The van der Waals surface area contributed by atoms with Gasteiger partial charge in [0.1, 0.15) is 17.2 Å². The molecule has 2 aromatic rings. The molecule has 0 radical (unpaired) electrons. The molecule has 1 aliphatic carbocycles. The number of imidazole rings is 1.